The summed E-state index contributed by atoms with van der Waals surface area (Å²) in [6.45, 7) is 3.46. The van der Waals surface area contributed by atoms with Gasteiger partial charge in [-0.2, -0.15) is 20.0 Å². The molecule has 0 saturated heterocycles. The molecule has 36 heavy (non-hydrogen) atoms. The largest absolute Gasteiger partial charge is 0.395 e. The Balaban J connectivity index is 1.36. The number of hydrogen-bond donors (Lipinski definition) is 4. The van der Waals surface area contributed by atoms with Crippen LogP contribution >= 0.6 is 0 Å². The minimum absolute atomic E-state index is 0.0576. The summed E-state index contributed by atoms with van der Waals surface area (Å²) in [4.78, 5) is 42.7. The number of fused-ring (bicyclic) bond motifs is 2. The number of nitrogens with two attached hydrogens (primary N) is 1. The van der Waals surface area contributed by atoms with Crippen LogP contribution in [0, 0.1) is 0 Å². The fourth-order valence-corrected chi connectivity index (χ4v) is 3.86. The minimum atomic E-state index is -0.644. The molecule has 5 N–H and O–H groups in total. The highest BCUT2D eigenvalue weighted by Gasteiger charge is 2.28. The molecule has 0 bridgehead atoms. The van der Waals surface area contributed by atoms with Crippen molar-refractivity contribution in [2.45, 2.75) is 25.8 Å². The second-order valence-electron chi connectivity index (χ2n) is 8.93. The third kappa shape index (κ3) is 4.25. The number of H-pyrrole nitrogens is 1. The van der Waals surface area contributed by atoms with E-state index in [1.807, 2.05) is 38.1 Å². The molecule has 182 valence electrons. The first-order valence-corrected chi connectivity index (χ1v) is 11.1. The normalized spacial score (nSPS) is 11.8. The van der Waals surface area contributed by atoms with E-state index in [9.17, 15) is 14.7 Å². The van der Waals surface area contributed by atoms with Crippen molar-refractivity contribution in [3.63, 3.8) is 0 Å². The van der Waals surface area contributed by atoms with Crippen LogP contribution in [0.1, 0.15) is 35.5 Å². The molecule has 5 rings (SSSR count). The molecule has 1 amide bonds. The minimum Gasteiger partial charge on any atom is -0.395 e. The molecule has 12 nitrogen and oxygen atoms in total. The summed E-state index contributed by atoms with van der Waals surface area (Å²) in [6, 6.07) is 10.4. The Bertz CT molecular complexity index is 1570. The maximum atomic E-state index is 13.4. The Kier molecular flexibility index (Phi) is 5.65. The number of benzene rings is 1. The maximum Gasteiger partial charge on any atom is 0.249 e. The summed E-state index contributed by atoms with van der Waals surface area (Å²) < 4.78 is 0. The molecule has 0 aliphatic rings. The van der Waals surface area contributed by atoms with Gasteiger partial charge in [-0.3, -0.25) is 9.59 Å². The van der Waals surface area contributed by atoms with Gasteiger partial charge < -0.3 is 21.1 Å². The van der Waals surface area contributed by atoms with Gasteiger partial charge in [-0.25, -0.2) is 9.97 Å². The van der Waals surface area contributed by atoms with Crippen LogP contribution in [0.25, 0.3) is 22.1 Å². The fourth-order valence-electron chi connectivity index (χ4n) is 3.86. The van der Waals surface area contributed by atoms with Gasteiger partial charge in [-0.1, -0.05) is 26.0 Å². The van der Waals surface area contributed by atoms with Crippen LogP contribution in [-0.2, 0) is 16.8 Å². The molecule has 5 aromatic rings. The second kappa shape index (κ2) is 8.82. The van der Waals surface area contributed by atoms with Gasteiger partial charge in [-0.05, 0) is 29.8 Å². The Morgan fingerprint density at radius 1 is 1.11 bits per heavy atom. The predicted octanol–water partition coefficient (Wildman–Crippen LogP) is 1.82. The molecule has 12 heteroatoms. The van der Waals surface area contributed by atoms with E-state index < -0.39 is 11.2 Å². The van der Waals surface area contributed by atoms with Gasteiger partial charge in [0.2, 0.25) is 17.6 Å². The van der Waals surface area contributed by atoms with E-state index in [1.54, 1.807) is 12.3 Å². The zero-order valence-electron chi connectivity index (χ0n) is 19.6. The first-order valence-electron chi connectivity index (χ1n) is 11.1. The van der Waals surface area contributed by atoms with Gasteiger partial charge >= 0.3 is 0 Å². The number of hydrogen-bond acceptors (Lipinski definition) is 9. The fraction of sp³-hybridized carbons (Fsp3) is 0.208. The Hall–Kier alpha value is -4.71. The number of nitrogens with zero attached hydrogens (tertiary/aromatic N) is 6. The van der Waals surface area contributed by atoms with Crippen molar-refractivity contribution < 1.29 is 14.7 Å². The first-order chi connectivity index (χ1) is 17.2. The SMILES string of the molecule is CC(C)(CO)c1c[nH]c2nc(N)nc(C(=O)c3ccc(NC(=O)Cn4nc5ccccc5n4)nc3)c12. The highest BCUT2D eigenvalue weighted by molar-refractivity contribution is 6.15. The number of amides is 1. The number of ketones is 1. The van der Waals surface area contributed by atoms with Crippen LogP contribution in [0.3, 0.4) is 0 Å². The van der Waals surface area contributed by atoms with Crippen molar-refractivity contribution in [1.82, 2.24) is 34.9 Å². The molecule has 0 unspecified atom stereocenters. The lowest BCUT2D eigenvalue weighted by Gasteiger charge is -2.21. The van der Waals surface area contributed by atoms with Crippen molar-refractivity contribution in [3.05, 3.63) is 65.6 Å². The molecule has 1 aromatic carbocycles. The highest BCUT2D eigenvalue weighted by atomic mass is 16.3. The number of nitrogens with one attached hydrogen (secondary N) is 2. The van der Waals surface area contributed by atoms with Crippen molar-refractivity contribution in [1.29, 1.82) is 0 Å². The van der Waals surface area contributed by atoms with Crippen molar-refractivity contribution in [3.8, 4) is 0 Å². The molecule has 0 spiro atoms. The van der Waals surface area contributed by atoms with Gasteiger partial charge in [0.1, 0.15) is 34.7 Å². The first kappa shape index (κ1) is 23.1. The number of rotatable bonds is 7. The average Bonchev–Trinajstić information content (AvgIpc) is 3.47. The lowest BCUT2D eigenvalue weighted by atomic mass is 9.85. The van der Waals surface area contributed by atoms with Gasteiger partial charge in [-0.15, -0.1) is 0 Å². The van der Waals surface area contributed by atoms with E-state index in [0.717, 1.165) is 0 Å². The van der Waals surface area contributed by atoms with Crippen molar-refractivity contribution in [2.75, 3.05) is 17.7 Å². The summed E-state index contributed by atoms with van der Waals surface area (Å²) >= 11 is 0. The molecular formula is C24H23N9O3. The molecular weight excluding hydrogens is 462 g/mol. The van der Waals surface area contributed by atoms with E-state index in [2.05, 4.69) is 35.5 Å². The second-order valence-corrected chi connectivity index (χ2v) is 8.93. The zero-order valence-corrected chi connectivity index (χ0v) is 19.6. The number of pyridine rings is 1. The quantitative estimate of drug-likeness (QED) is 0.250. The standard InChI is InChI=1S/C24H23N9O3/c1-24(2,12-34)14-10-27-22-19(14)20(29-23(25)30-22)21(36)13-7-8-17(26-9-13)28-18(35)11-33-31-15-5-3-4-6-16(15)32-33/h3-10,34H,11-12H2,1-2H3,(H,26,28,35)(H3,25,27,29,30). The van der Waals surface area contributed by atoms with Gasteiger partial charge in [0.15, 0.2) is 0 Å². The third-order valence-corrected chi connectivity index (χ3v) is 5.79. The number of nitrogen functional groups attached to an aromatic ring is 1. The molecule has 0 radical (unpaired) electrons. The number of aliphatic hydroxyl groups is 1. The van der Waals surface area contributed by atoms with Crippen LogP contribution in [0.15, 0.2) is 48.8 Å². The highest BCUT2D eigenvalue weighted by Crippen LogP contribution is 2.32. The zero-order chi connectivity index (χ0) is 25.4. The van der Waals surface area contributed by atoms with Crippen molar-refractivity contribution >= 4 is 45.5 Å². The number of aliphatic hydroxyl groups excluding tert-OH is 1. The maximum absolute atomic E-state index is 13.4. The van der Waals surface area contributed by atoms with Crippen LogP contribution in [-0.4, -0.2) is 58.3 Å². The number of carbonyl (C=O) groups is 2. The monoisotopic (exact) mass is 485 g/mol. The van der Waals surface area contributed by atoms with Crippen LogP contribution < -0.4 is 11.1 Å². The Morgan fingerprint density at radius 3 is 2.47 bits per heavy atom. The molecule has 0 atom stereocenters. The average molecular weight is 486 g/mol. The third-order valence-electron chi connectivity index (χ3n) is 5.79. The van der Waals surface area contributed by atoms with Gasteiger partial charge in [0, 0.05) is 23.4 Å². The smallest absolute Gasteiger partial charge is 0.249 e. The lowest BCUT2D eigenvalue weighted by molar-refractivity contribution is -0.117. The summed E-state index contributed by atoms with van der Waals surface area (Å²) in [5, 5.41) is 21.5. The molecule has 0 aliphatic carbocycles. The predicted molar refractivity (Wildman–Crippen MR) is 132 cm³/mol. The molecule has 0 saturated carbocycles. The Labute approximate surface area is 204 Å². The number of anilines is 2. The van der Waals surface area contributed by atoms with Gasteiger partial charge in [0.05, 0.1) is 12.0 Å². The van der Waals surface area contributed by atoms with E-state index >= 15 is 0 Å². The molecule has 0 aliphatic heterocycles. The van der Waals surface area contributed by atoms with Gasteiger partial charge in [0.25, 0.3) is 0 Å². The van der Waals surface area contributed by atoms with E-state index in [-0.39, 0.29) is 42.1 Å². The van der Waals surface area contributed by atoms with Crippen LogP contribution in [0.2, 0.25) is 0 Å². The molecule has 0 fully saturated rings. The Morgan fingerprint density at radius 2 is 1.83 bits per heavy atom. The van der Waals surface area contributed by atoms with Crippen molar-refractivity contribution in [2.24, 2.45) is 0 Å². The van der Waals surface area contributed by atoms with E-state index in [1.165, 1.54) is 17.1 Å². The number of carbonyl (C=O) groups excluding carboxylic acids is 2. The van der Waals surface area contributed by atoms with Crippen LogP contribution in [0.4, 0.5) is 11.8 Å². The topological polar surface area (TPSA) is 178 Å². The summed E-state index contributed by atoms with van der Waals surface area (Å²) in [7, 11) is 0. The lowest BCUT2D eigenvalue weighted by Crippen LogP contribution is -2.22. The number of aromatic amines is 1. The van der Waals surface area contributed by atoms with Crippen LogP contribution in [0.5, 0.6) is 0 Å². The molecule has 4 aromatic heterocycles. The molecule has 4 heterocycles. The summed E-state index contributed by atoms with van der Waals surface area (Å²) in [6.07, 6.45) is 3.05. The number of aromatic nitrogens is 7. The summed E-state index contributed by atoms with van der Waals surface area (Å²) in [5.74, 6) is -0.570. The van der Waals surface area contributed by atoms with E-state index in [4.69, 9.17) is 5.73 Å². The van der Waals surface area contributed by atoms with E-state index in [0.29, 0.717) is 27.6 Å². The summed E-state index contributed by atoms with van der Waals surface area (Å²) in [5.41, 5.74) is 8.03.